The number of hydrogen-bond acceptors (Lipinski definition) is 8. The molecule has 8 nitrogen and oxygen atoms in total. The number of hydrogen-bond donors (Lipinski definition) is 1. The lowest BCUT2D eigenvalue weighted by atomic mass is 10.1. The molecule has 0 bridgehead atoms. The van der Waals surface area contributed by atoms with E-state index in [0.29, 0.717) is 33.0 Å². The van der Waals surface area contributed by atoms with E-state index in [2.05, 4.69) is 46.6 Å². The van der Waals surface area contributed by atoms with Gasteiger partial charge in [0.2, 0.25) is 0 Å². The van der Waals surface area contributed by atoms with E-state index < -0.39 is 8.07 Å². The second-order valence-electron chi connectivity index (χ2n) is 10.2. The largest absolute Gasteiger partial charge is 0.497 e. The zero-order valence-corrected chi connectivity index (χ0v) is 23.8. The number of ether oxygens (including phenoxy) is 3. The summed E-state index contributed by atoms with van der Waals surface area (Å²) in [7, 11) is 0.536. The summed E-state index contributed by atoms with van der Waals surface area (Å²) in [6.45, 7) is 9.77. The average molecular weight is 538 g/mol. The molecule has 4 rings (SSSR count). The zero-order valence-electron chi connectivity index (χ0n) is 22.0. The van der Waals surface area contributed by atoms with Gasteiger partial charge in [-0.25, -0.2) is 4.98 Å². The number of nitrogens with zero attached hydrogens (tertiary/aromatic N) is 4. The van der Waals surface area contributed by atoms with E-state index in [-0.39, 0.29) is 5.92 Å². The fourth-order valence-corrected chi connectivity index (χ4v) is 5.74. The third-order valence-electron chi connectivity index (χ3n) is 6.12. The van der Waals surface area contributed by atoms with Gasteiger partial charge in [-0.3, -0.25) is 4.99 Å². The molecule has 0 radical (unpaired) electrons. The molecule has 1 aliphatic heterocycles. The lowest BCUT2D eigenvalue weighted by Crippen LogP contribution is -2.22. The first-order chi connectivity index (χ1) is 17.9. The summed E-state index contributed by atoms with van der Waals surface area (Å²) < 4.78 is 19.2. The maximum Gasteiger partial charge on any atom is 0.124 e. The van der Waals surface area contributed by atoms with Gasteiger partial charge in [-0.15, -0.1) is 11.3 Å². The van der Waals surface area contributed by atoms with Gasteiger partial charge in [-0.05, 0) is 29.8 Å². The van der Waals surface area contributed by atoms with Gasteiger partial charge in [0.1, 0.15) is 25.0 Å². The van der Waals surface area contributed by atoms with Gasteiger partial charge >= 0.3 is 0 Å². The summed E-state index contributed by atoms with van der Waals surface area (Å²) in [6, 6.07) is 13.3. The van der Waals surface area contributed by atoms with E-state index >= 15 is 0 Å². The third-order valence-corrected chi connectivity index (χ3v) is 8.99. The maximum atomic E-state index is 9.41. The molecule has 0 saturated heterocycles. The van der Waals surface area contributed by atoms with Crippen molar-refractivity contribution in [2.75, 3.05) is 32.3 Å². The molecule has 2 aromatic heterocycles. The maximum absolute atomic E-state index is 9.41. The van der Waals surface area contributed by atoms with Crippen LogP contribution in [0.2, 0.25) is 25.7 Å². The molecular weight excluding hydrogens is 502 g/mol. The Balaban J connectivity index is 1.39. The predicted molar refractivity (Wildman–Crippen MR) is 150 cm³/mol. The molecule has 0 amide bonds. The molecule has 196 valence electrons. The first kappa shape index (κ1) is 27.1. The average Bonchev–Trinajstić information content (AvgIpc) is 3.54. The van der Waals surface area contributed by atoms with Crippen LogP contribution in [0.4, 0.5) is 5.82 Å². The van der Waals surface area contributed by atoms with Crippen LogP contribution >= 0.6 is 11.3 Å². The lowest BCUT2D eigenvalue weighted by Gasteiger charge is -2.19. The summed E-state index contributed by atoms with van der Waals surface area (Å²) in [5.41, 5.74) is 3.03. The molecule has 3 heterocycles. The van der Waals surface area contributed by atoms with Crippen LogP contribution in [0, 0.1) is 11.3 Å². The zero-order chi connectivity index (χ0) is 26.3. The SMILES string of the molecule is COc1ccc(COCC(CC#N)c2ncc(C3=NCNc4c3ccn4COCC[Si](C)(C)C)s2)cc1. The molecule has 1 unspecified atom stereocenters. The van der Waals surface area contributed by atoms with E-state index in [9.17, 15) is 5.26 Å². The van der Waals surface area contributed by atoms with E-state index in [0.717, 1.165) is 50.9 Å². The summed E-state index contributed by atoms with van der Waals surface area (Å²) >= 11 is 1.58. The second kappa shape index (κ2) is 12.5. The van der Waals surface area contributed by atoms with Crippen molar-refractivity contribution in [3.05, 3.63) is 63.7 Å². The number of anilines is 1. The van der Waals surface area contributed by atoms with Gasteiger partial charge in [0, 0.05) is 45.0 Å². The first-order valence-electron chi connectivity index (χ1n) is 12.5. The molecule has 0 saturated carbocycles. The molecule has 1 N–H and O–H groups in total. The molecule has 0 aliphatic carbocycles. The summed E-state index contributed by atoms with van der Waals surface area (Å²) in [5.74, 6) is 1.74. The first-order valence-corrected chi connectivity index (χ1v) is 17.0. The van der Waals surface area contributed by atoms with Crippen LogP contribution in [0.3, 0.4) is 0 Å². The highest BCUT2D eigenvalue weighted by molar-refractivity contribution is 7.14. The standard InChI is InChI=1S/C27H35N5O3SSi/c1-33-22-7-5-20(6-8-22)16-35-17-21(9-11-28)27-29-15-24(36-27)25-23-10-12-32(26(23)31-18-30-25)19-34-13-14-37(2,3)4/h5-8,10,12,15,21,31H,9,13-14,16-19H2,1-4H3. The number of nitriles is 1. The quantitative estimate of drug-likeness (QED) is 0.222. The number of methoxy groups -OCH3 is 1. The van der Waals surface area contributed by atoms with Crippen LogP contribution in [0.5, 0.6) is 5.75 Å². The lowest BCUT2D eigenvalue weighted by molar-refractivity contribution is 0.0887. The van der Waals surface area contributed by atoms with Gasteiger partial charge in [-0.1, -0.05) is 31.8 Å². The highest BCUT2D eigenvalue weighted by atomic mass is 32.1. The molecule has 0 spiro atoms. The van der Waals surface area contributed by atoms with Gasteiger partial charge in [0.25, 0.3) is 0 Å². The third kappa shape index (κ3) is 7.29. The van der Waals surface area contributed by atoms with Crippen molar-refractivity contribution >= 4 is 30.9 Å². The molecule has 10 heteroatoms. The van der Waals surface area contributed by atoms with Crippen molar-refractivity contribution in [2.45, 2.75) is 51.4 Å². The fraction of sp³-hybridized carbons (Fsp3) is 0.444. The second-order valence-corrected chi connectivity index (χ2v) is 16.9. The Morgan fingerprint density at radius 1 is 1.19 bits per heavy atom. The number of nitrogens with one attached hydrogen (secondary N) is 1. The summed E-state index contributed by atoms with van der Waals surface area (Å²) in [4.78, 5) is 10.4. The van der Waals surface area contributed by atoms with Crippen molar-refractivity contribution in [3.8, 4) is 11.8 Å². The molecule has 1 atom stereocenters. The van der Waals surface area contributed by atoms with Crippen LogP contribution in [-0.2, 0) is 22.8 Å². The summed E-state index contributed by atoms with van der Waals surface area (Å²) in [5, 5.41) is 13.7. The topological polar surface area (TPSA) is 93.7 Å². The minimum absolute atomic E-state index is 0.0897. The Morgan fingerprint density at radius 2 is 2.00 bits per heavy atom. The highest BCUT2D eigenvalue weighted by Gasteiger charge is 2.23. The number of thiazole rings is 1. The molecule has 1 aliphatic rings. The monoisotopic (exact) mass is 537 g/mol. The van der Waals surface area contributed by atoms with Crippen LogP contribution in [0.15, 0.2) is 47.7 Å². The number of aromatic nitrogens is 2. The van der Waals surface area contributed by atoms with E-state index in [4.69, 9.17) is 19.2 Å². The molecule has 0 fully saturated rings. The minimum Gasteiger partial charge on any atom is -0.497 e. The molecule has 37 heavy (non-hydrogen) atoms. The van der Waals surface area contributed by atoms with E-state index in [1.54, 1.807) is 18.4 Å². The van der Waals surface area contributed by atoms with Crippen LogP contribution in [0.25, 0.3) is 0 Å². The van der Waals surface area contributed by atoms with Gasteiger partial charge < -0.3 is 24.1 Å². The summed E-state index contributed by atoms with van der Waals surface area (Å²) in [6.07, 6.45) is 4.25. The van der Waals surface area contributed by atoms with Crippen molar-refractivity contribution in [2.24, 2.45) is 4.99 Å². The number of aliphatic imine (C=N–C) groups is 1. The number of benzene rings is 1. The van der Waals surface area contributed by atoms with Crippen molar-refractivity contribution in [3.63, 3.8) is 0 Å². The van der Waals surface area contributed by atoms with E-state index in [1.807, 2.05) is 36.7 Å². The van der Waals surface area contributed by atoms with Crippen molar-refractivity contribution in [1.29, 1.82) is 5.26 Å². The van der Waals surface area contributed by atoms with Crippen molar-refractivity contribution < 1.29 is 14.2 Å². The van der Waals surface area contributed by atoms with Gasteiger partial charge in [0.15, 0.2) is 0 Å². The Hall–Kier alpha value is -2.97. The van der Waals surface area contributed by atoms with Gasteiger partial charge in [0.05, 0.1) is 42.0 Å². The normalized spacial score (nSPS) is 13.9. The van der Waals surface area contributed by atoms with E-state index in [1.165, 1.54) is 0 Å². The predicted octanol–water partition coefficient (Wildman–Crippen LogP) is 5.70. The Labute approximate surface area is 223 Å². The highest BCUT2D eigenvalue weighted by Crippen LogP contribution is 2.31. The molecular formula is C27H35N5O3SSi. The van der Waals surface area contributed by atoms with Crippen LogP contribution < -0.4 is 10.1 Å². The Bertz CT molecular complexity index is 1240. The van der Waals surface area contributed by atoms with Crippen LogP contribution in [0.1, 0.15) is 33.4 Å². The minimum atomic E-state index is -1.11. The van der Waals surface area contributed by atoms with Gasteiger partial charge in [-0.2, -0.15) is 5.26 Å². The molecule has 1 aromatic carbocycles. The Kier molecular flexibility index (Phi) is 9.16. The smallest absolute Gasteiger partial charge is 0.124 e. The molecule has 3 aromatic rings. The van der Waals surface area contributed by atoms with Crippen LogP contribution in [-0.4, -0.2) is 50.3 Å². The van der Waals surface area contributed by atoms with Crippen molar-refractivity contribution in [1.82, 2.24) is 9.55 Å². The Morgan fingerprint density at radius 3 is 2.73 bits per heavy atom. The number of fused-ring (bicyclic) bond motifs is 1. The fourth-order valence-electron chi connectivity index (χ4n) is 3.95. The number of rotatable bonds is 13.